The molecule has 1 aliphatic heterocycles. The number of hydroxylamine groups is 1. The van der Waals surface area contributed by atoms with E-state index in [0.29, 0.717) is 13.0 Å². The maximum Gasteiger partial charge on any atom is 0.252 e. The average Bonchev–Trinajstić information content (AvgIpc) is 2.78. The van der Waals surface area contributed by atoms with Crippen LogP contribution in [0.4, 0.5) is 0 Å². The Morgan fingerprint density at radius 1 is 1.50 bits per heavy atom. The quantitative estimate of drug-likeness (QED) is 0.630. The van der Waals surface area contributed by atoms with Gasteiger partial charge in [0.2, 0.25) is 0 Å². The number of hydrogen-bond donors (Lipinski definition) is 1. The van der Waals surface area contributed by atoms with E-state index in [0.717, 1.165) is 19.3 Å². The summed E-state index contributed by atoms with van der Waals surface area (Å²) in [5.74, 6) is -0.285. The third-order valence-corrected chi connectivity index (χ3v) is 4.28. The molecule has 0 radical (unpaired) electrons. The maximum atomic E-state index is 11.7. The number of carbonyl (C=O) groups excluding carboxylic acids is 1. The van der Waals surface area contributed by atoms with Crippen LogP contribution in [0.2, 0.25) is 0 Å². The number of hydrogen-bond acceptors (Lipinski definition) is 3. The van der Waals surface area contributed by atoms with E-state index in [1.54, 1.807) is 6.92 Å². The summed E-state index contributed by atoms with van der Waals surface area (Å²) < 4.78 is 4.35. The van der Waals surface area contributed by atoms with E-state index in [1.807, 2.05) is 0 Å². The van der Waals surface area contributed by atoms with Crippen LogP contribution in [0.3, 0.4) is 0 Å². The van der Waals surface area contributed by atoms with Crippen LogP contribution in [0.5, 0.6) is 0 Å². The first-order chi connectivity index (χ1) is 7.46. The van der Waals surface area contributed by atoms with Crippen molar-refractivity contribution in [2.45, 2.75) is 43.2 Å². The summed E-state index contributed by atoms with van der Waals surface area (Å²) in [6.07, 6.45) is 2.98. The van der Waals surface area contributed by atoms with Gasteiger partial charge in [0.15, 0.2) is 6.29 Å². The van der Waals surface area contributed by atoms with Crippen LogP contribution < -0.4 is 5.48 Å². The molecule has 0 spiro atoms. The molecular formula is C10H15Cl2NO3. The minimum atomic E-state index is -0.964. The van der Waals surface area contributed by atoms with Crippen molar-refractivity contribution in [2.75, 3.05) is 6.61 Å². The van der Waals surface area contributed by atoms with Crippen LogP contribution >= 0.6 is 23.2 Å². The highest BCUT2D eigenvalue weighted by Gasteiger charge is 2.68. The molecule has 0 bridgehead atoms. The van der Waals surface area contributed by atoms with E-state index >= 15 is 0 Å². The van der Waals surface area contributed by atoms with Gasteiger partial charge in [-0.15, -0.1) is 23.2 Å². The second kappa shape index (κ2) is 4.33. The number of halogens is 2. The standard InChI is InChI=1S/C10H15Cl2NO3/c1-9(6-10(9,11)12)8(14)13-16-7-4-2-3-5-15-7/h7H,2-6H2,1H3,(H,13,14)/t7-,9-/m1/s1. The van der Waals surface area contributed by atoms with Crippen molar-refractivity contribution in [1.29, 1.82) is 0 Å². The van der Waals surface area contributed by atoms with Crippen molar-refractivity contribution in [3.8, 4) is 0 Å². The molecule has 1 saturated heterocycles. The molecule has 1 saturated carbocycles. The molecular weight excluding hydrogens is 253 g/mol. The van der Waals surface area contributed by atoms with E-state index in [4.69, 9.17) is 32.8 Å². The topological polar surface area (TPSA) is 47.6 Å². The van der Waals surface area contributed by atoms with Crippen LogP contribution in [-0.2, 0) is 14.4 Å². The molecule has 1 amide bonds. The lowest BCUT2D eigenvalue weighted by atomic mass is 10.1. The zero-order valence-electron chi connectivity index (χ0n) is 9.09. The van der Waals surface area contributed by atoms with Gasteiger partial charge in [-0.3, -0.25) is 4.79 Å². The van der Waals surface area contributed by atoms with Gasteiger partial charge in [-0.2, -0.15) is 0 Å². The third kappa shape index (κ3) is 2.30. The molecule has 2 aliphatic rings. The highest BCUT2D eigenvalue weighted by atomic mass is 35.5. The molecule has 2 fully saturated rings. The van der Waals surface area contributed by atoms with Gasteiger partial charge in [-0.25, -0.2) is 10.3 Å². The van der Waals surface area contributed by atoms with Crippen molar-refractivity contribution in [3.63, 3.8) is 0 Å². The molecule has 16 heavy (non-hydrogen) atoms. The van der Waals surface area contributed by atoms with Gasteiger partial charge in [-0.05, 0) is 26.2 Å². The third-order valence-electron chi connectivity index (χ3n) is 3.18. The number of nitrogens with one attached hydrogen (secondary N) is 1. The van der Waals surface area contributed by atoms with Gasteiger partial charge in [0.25, 0.3) is 5.91 Å². The van der Waals surface area contributed by atoms with E-state index < -0.39 is 9.75 Å². The second-order valence-electron chi connectivity index (χ2n) is 4.56. The molecule has 0 aromatic carbocycles. The molecule has 6 heteroatoms. The summed E-state index contributed by atoms with van der Waals surface area (Å²) in [5.41, 5.74) is 1.63. The second-order valence-corrected chi connectivity index (χ2v) is 6.04. The normalized spacial score (nSPS) is 36.8. The summed E-state index contributed by atoms with van der Waals surface area (Å²) in [7, 11) is 0. The molecule has 0 aromatic heterocycles. The number of carbonyl (C=O) groups is 1. The summed E-state index contributed by atoms with van der Waals surface area (Å²) in [5, 5.41) is 0. The lowest BCUT2D eigenvalue weighted by molar-refractivity contribution is -0.202. The Bertz CT molecular complexity index is 292. The van der Waals surface area contributed by atoms with Crippen LogP contribution in [0.25, 0.3) is 0 Å². The van der Waals surface area contributed by atoms with Crippen LogP contribution in [-0.4, -0.2) is 23.1 Å². The summed E-state index contributed by atoms with van der Waals surface area (Å²) >= 11 is 11.8. The van der Waals surface area contributed by atoms with Gasteiger partial charge in [-0.1, -0.05) is 0 Å². The van der Waals surface area contributed by atoms with Crippen LogP contribution in [0.1, 0.15) is 32.6 Å². The minimum Gasteiger partial charge on any atom is -0.350 e. The first kappa shape index (κ1) is 12.4. The molecule has 92 valence electrons. The largest absolute Gasteiger partial charge is 0.350 e. The number of ether oxygens (including phenoxy) is 1. The first-order valence-corrected chi connectivity index (χ1v) is 6.17. The van der Waals surface area contributed by atoms with Gasteiger partial charge < -0.3 is 4.74 Å². The SMILES string of the molecule is C[C@]1(C(=O)NO[C@@H]2CCCCO2)CC1(Cl)Cl. The zero-order valence-corrected chi connectivity index (χ0v) is 10.6. The number of alkyl halides is 2. The molecule has 1 aliphatic carbocycles. The Labute approximate surface area is 105 Å². The van der Waals surface area contributed by atoms with Crippen molar-refractivity contribution in [1.82, 2.24) is 5.48 Å². The molecule has 2 rings (SSSR count). The Morgan fingerprint density at radius 2 is 2.19 bits per heavy atom. The zero-order chi connectivity index (χ0) is 11.8. The van der Waals surface area contributed by atoms with Gasteiger partial charge in [0, 0.05) is 13.0 Å². The van der Waals surface area contributed by atoms with E-state index in [-0.39, 0.29) is 12.2 Å². The molecule has 0 unspecified atom stereocenters. The van der Waals surface area contributed by atoms with Crippen molar-refractivity contribution >= 4 is 29.1 Å². The van der Waals surface area contributed by atoms with E-state index in [2.05, 4.69) is 5.48 Å². The lowest BCUT2D eigenvalue weighted by Crippen LogP contribution is -2.38. The fourth-order valence-corrected chi connectivity index (χ4v) is 2.39. The summed E-state index contributed by atoms with van der Waals surface area (Å²) in [6, 6.07) is 0. The Morgan fingerprint density at radius 3 is 2.69 bits per heavy atom. The molecule has 1 N–H and O–H groups in total. The van der Waals surface area contributed by atoms with Crippen molar-refractivity contribution in [2.24, 2.45) is 5.41 Å². The lowest BCUT2D eigenvalue weighted by Gasteiger charge is -2.23. The van der Waals surface area contributed by atoms with Gasteiger partial charge in [0.05, 0.1) is 5.41 Å². The Balaban J connectivity index is 1.76. The first-order valence-electron chi connectivity index (χ1n) is 5.41. The Kier molecular flexibility index (Phi) is 3.36. The van der Waals surface area contributed by atoms with Crippen LogP contribution in [0, 0.1) is 5.41 Å². The molecule has 2 atom stereocenters. The van der Waals surface area contributed by atoms with Crippen molar-refractivity contribution < 1.29 is 14.4 Å². The summed E-state index contributed by atoms with van der Waals surface area (Å²) in [6.45, 7) is 2.39. The number of amides is 1. The smallest absolute Gasteiger partial charge is 0.252 e. The fourth-order valence-electron chi connectivity index (χ4n) is 1.68. The van der Waals surface area contributed by atoms with Gasteiger partial charge in [0.1, 0.15) is 4.33 Å². The van der Waals surface area contributed by atoms with E-state index in [9.17, 15) is 4.79 Å². The highest BCUT2D eigenvalue weighted by molar-refractivity contribution is 6.53. The van der Waals surface area contributed by atoms with E-state index in [1.165, 1.54) is 0 Å². The highest BCUT2D eigenvalue weighted by Crippen LogP contribution is 2.63. The maximum absolute atomic E-state index is 11.7. The van der Waals surface area contributed by atoms with Crippen LogP contribution in [0.15, 0.2) is 0 Å². The predicted octanol–water partition coefficient (Wildman–Crippen LogP) is 2.14. The molecule has 4 nitrogen and oxygen atoms in total. The number of rotatable bonds is 3. The predicted molar refractivity (Wildman–Crippen MR) is 60.0 cm³/mol. The molecule has 1 heterocycles. The average molecular weight is 268 g/mol. The monoisotopic (exact) mass is 267 g/mol. The van der Waals surface area contributed by atoms with Crippen molar-refractivity contribution in [3.05, 3.63) is 0 Å². The molecule has 0 aromatic rings. The van der Waals surface area contributed by atoms with Gasteiger partial charge >= 0.3 is 0 Å². The summed E-state index contributed by atoms with van der Waals surface area (Å²) in [4.78, 5) is 16.9. The fraction of sp³-hybridized carbons (Fsp3) is 0.900. The Hall–Kier alpha value is -0.0300. The minimum absolute atomic E-state index is 0.285.